The number of ether oxygens (including phenoxy) is 1. The van der Waals surface area contributed by atoms with E-state index in [1.54, 1.807) is 0 Å². The fraction of sp³-hybridized carbons (Fsp3) is 0.150. The van der Waals surface area contributed by atoms with Gasteiger partial charge in [-0.25, -0.2) is 0 Å². The van der Waals surface area contributed by atoms with Crippen molar-refractivity contribution in [3.8, 4) is 5.75 Å². The second-order valence-corrected chi connectivity index (χ2v) is 5.99. The third-order valence-corrected chi connectivity index (χ3v) is 4.13. The van der Waals surface area contributed by atoms with E-state index in [0.717, 1.165) is 29.4 Å². The maximum Gasteiger partial charge on any atom is 0.120 e. The molecule has 0 fully saturated rings. The van der Waals surface area contributed by atoms with Gasteiger partial charge in [0.25, 0.3) is 0 Å². The van der Waals surface area contributed by atoms with Gasteiger partial charge in [-0.2, -0.15) is 0 Å². The number of aromatic nitrogens is 1. The Balaban J connectivity index is 1.53. The van der Waals surface area contributed by atoms with Crippen LogP contribution in [0.2, 0.25) is 5.02 Å². The molecule has 0 saturated heterocycles. The van der Waals surface area contributed by atoms with Crippen LogP contribution in [0, 0.1) is 0 Å². The smallest absolute Gasteiger partial charge is 0.120 e. The first-order valence-electron chi connectivity index (χ1n) is 7.97. The molecule has 0 atom stereocenters. The van der Waals surface area contributed by atoms with E-state index in [4.69, 9.17) is 16.3 Å². The van der Waals surface area contributed by atoms with E-state index >= 15 is 0 Å². The molecule has 24 heavy (non-hydrogen) atoms. The number of quaternary nitrogens is 1. The molecule has 0 bridgehead atoms. The molecule has 0 radical (unpaired) electrons. The lowest BCUT2D eigenvalue weighted by atomic mass is 10.2. The van der Waals surface area contributed by atoms with Gasteiger partial charge in [-0.15, -0.1) is 0 Å². The lowest BCUT2D eigenvalue weighted by molar-refractivity contribution is -0.686. The zero-order chi connectivity index (χ0) is 16.6. The fourth-order valence-corrected chi connectivity index (χ4v) is 2.65. The molecule has 0 aliphatic carbocycles. The standard InChI is InChI=1S/C20H19ClN2O/c21-20-7-2-1-5-18(20)15-24-19-6-3-4-17(12-19)14-23-13-16-8-10-22-11-9-16/h1-12,23H,13-15H2/p+1. The summed E-state index contributed by atoms with van der Waals surface area (Å²) >= 11 is 6.16. The SMILES string of the molecule is Clc1ccccc1COc1cccc(C[NH2+]Cc2ccncc2)c1. The third-order valence-electron chi connectivity index (χ3n) is 3.76. The first kappa shape index (κ1) is 16.5. The highest BCUT2D eigenvalue weighted by molar-refractivity contribution is 6.31. The molecule has 4 heteroatoms. The highest BCUT2D eigenvalue weighted by Gasteiger charge is 2.03. The summed E-state index contributed by atoms with van der Waals surface area (Å²) in [5.41, 5.74) is 3.51. The zero-order valence-corrected chi connectivity index (χ0v) is 14.1. The first-order chi connectivity index (χ1) is 11.8. The van der Waals surface area contributed by atoms with E-state index in [-0.39, 0.29) is 0 Å². The number of rotatable bonds is 7. The summed E-state index contributed by atoms with van der Waals surface area (Å²) in [7, 11) is 0. The van der Waals surface area contributed by atoms with Crippen molar-refractivity contribution in [1.29, 1.82) is 0 Å². The second kappa shape index (κ2) is 8.48. The molecule has 2 N–H and O–H groups in total. The van der Waals surface area contributed by atoms with E-state index in [1.165, 1.54) is 11.1 Å². The molecular weight excluding hydrogens is 320 g/mol. The van der Waals surface area contributed by atoms with Crippen molar-refractivity contribution in [2.45, 2.75) is 19.7 Å². The average Bonchev–Trinajstić information content (AvgIpc) is 2.62. The monoisotopic (exact) mass is 339 g/mol. The van der Waals surface area contributed by atoms with Crippen LogP contribution in [-0.4, -0.2) is 4.98 Å². The zero-order valence-electron chi connectivity index (χ0n) is 13.4. The van der Waals surface area contributed by atoms with Gasteiger partial charge in [0.1, 0.15) is 25.4 Å². The average molecular weight is 340 g/mol. The minimum atomic E-state index is 0.476. The fourth-order valence-electron chi connectivity index (χ4n) is 2.46. The third kappa shape index (κ3) is 4.82. The van der Waals surface area contributed by atoms with Gasteiger partial charge in [-0.3, -0.25) is 4.98 Å². The van der Waals surface area contributed by atoms with Gasteiger partial charge in [0.15, 0.2) is 0 Å². The van der Waals surface area contributed by atoms with E-state index in [0.29, 0.717) is 6.61 Å². The number of benzene rings is 2. The number of halogens is 1. The number of nitrogens with two attached hydrogens (primary N) is 1. The largest absolute Gasteiger partial charge is 0.489 e. The van der Waals surface area contributed by atoms with Crippen LogP contribution in [0.4, 0.5) is 0 Å². The summed E-state index contributed by atoms with van der Waals surface area (Å²) in [4.78, 5) is 4.04. The van der Waals surface area contributed by atoms with Crippen LogP contribution in [-0.2, 0) is 19.7 Å². The topological polar surface area (TPSA) is 38.7 Å². The molecule has 0 saturated carbocycles. The Labute approximate surface area is 147 Å². The van der Waals surface area contributed by atoms with Crippen LogP contribution < -0.4 is 10.1 Å². The van der Waals surface area contributed by atoms with Gasteiger partial charge in [-0.05, 0) is 30.3 Å². The number of nitrogens with zero attached hydrogens (tertiary/aromatic N) is 1. The van der Waals surface area contributed by atoms with E-state index in [9.17, 15) is 0 Å². The van der Waals surface area contributed by atoms with Gasteiger partial charge in [0, 0.05) is 34.1 Å². The normalized spacial score (nSPS) is 10.5. The van der Waals surface area contributed by atoms with Gasteiger partial charge < -0.3 is 10.1 Å². The molecule has 3 nitrogen and oxygen atoms in total. The van der Waals surface area contributed by atoms with Crippen molar-refractivity contribution in [1.82, 2.24) is 4.98 Å². The van der Waals surface area contributed by atoms with Crippen LogP contribution in [0.5, 0.6) is 5.75 Å². The molecule has 0 spiro atoms. The van der Waals surface area contributed by atoms with Crippen molar-refractivity contribution in [2.75, 3.05) is 0 Å². The highest BCUT2D eigenvalue weighted by atomic mass is 35.5. The molecule has 1 heterocycles. The maximum absolute atomic E-state index is 6.16. The summed E-state index contributed by atoms with van der Waals surface area (Å²) < 4.78 is 5.87. The Hall–Kier alpha value is -2.36. The Kier molecular flexibility index (Phi) is 5.83. The molecule has 0 amide bonds. The summed E-state index contributed by atoms with van der Waals surface area (Å²) in [6.45, 7) is 2.32. The van der Waals surface area contributed by atoms with Gasteiger partial charge >= 0.3 is 0 Å². The van der Waals surface area contributed by atoms with Gasteiger partial charge in [0.05, 0.1) is 0 Å². The van der Waals surface area contributed by atoms with Crippen molar-refractivity contribution in [3.63, 3.8) is 0 Å². The van der Waals surface area contributed by atoms with Crippen molar-refractivity contribution >= 4 is 11.6 Å². The van der Waals surface area contributed by atoms with Crippen LogP contribution in [0.25, 0.3) is 0 Å². The molecular formula is C20H20ClN2O+. The molecule has 0 aliphatic heterocycles. The van der Waals surface area contributed by atoms with E-state index < -0.39 is 0 Å². The minimum absolute atomic E-state index is 0.476. The molecule has 1 aromatic heterocycles. The lowest BCUT2D eigenvalue weighted by Gasteiger charge is -2.09. The van der Waals surface area contributed by atoms with Crippen molar-refractivity contribution in [3.05, 3.63) is 94.8 Å². The molecule has 0 unspecified atom stereocenters. The van der Waals surface area contributed by atoms with E-state index in [2.05, 4.69) is 22.4 Å². The Bertz CT molecular complexity index is 777. The van der Waals surface area contributed by atoms with E-state index in [1.807, 2.05) is 60.9 Å². The van der Waals surface area contributed by atoms with Crippen LogP contribution in [0.15, 0.2) is 73.1 Å². The maximum atomic E-state index is 6.16. The first-order valence-corrected chi connectivity index (χ1v) is 8.35. The molecule has 2 aromatic carbocycles. The Morgan fingerprint density at radius 2 is 1.67 bits per heavy atom. The number of hydrogen-bond acceptors (Lipinski definition) is 2. The summed E-state index contributed by atoms with van der Waals surface area (Å²) in [5, 5.41) is 3.00. The predicted molar refractivity (Wildman–Crippen MR) is 95.8 cm³/mol. The van der Waals surface area contributed by atoms with Gasteiger partial charge in [-0.1, -0.05) is 41.9 Å². The second-order valence-electron chi connectivity index (χ2n) is 5.58. The summed E-state index contributed by atoms with van der Waals surface area (Å²) in [6.07, 6.45) is 3.65. The van der Waals surface area contributed by atoms with Crippen molar-refractivity contribution in [2.24, 2.45) is 0 Å². The van der Waals surface area contributed by atoms with Crippen molar-refractivity contribution < 1.29 is 10.1 Å². The van der Waals surface area contributed by atoms with Crippen LogP contribution in [0.3, 0.4) is 0 Å². The quantitative estimate of drug-likeness (QED) is 0.714. The molecule has 122 valence electrons. The minimum Gasteiger partial charge on any atom is -0.489 e. The number of pyridine rings is 1. The Morgan fingerprint density at radius 3 is 2.50 bits per heavy atom. The molecule has 3 aromatic rings. The van der Waals surface area contributed by atoms with Crippen LogP contribution >= 0.6 is 11.6 Å². The lowest BCUT2D eigenvalue weighted by Crippen LogP contribution is -2.80. The predicted octanol–water partition coefficient (Wildman–Crippen LogP) is 3.58. The number of hydrogen-bond donors (Lipinski definition) is 1. The highest BCUT2D eigenvalue weighted by Crippen LogP contribution is 2.19. The Morgan fingerprint density at radius 1 is 0.875 bits per heavy atom. The van der Waals surface area contributed by atoms with Gasteiger partial charge in [0.2, 0.25) is 0 Å². The van der Waals surface area contributed by atoms with Crippen LogP contribution in [0.1, 0.15) is 16.7 Å². The summed E-state index contributed by atoms with van der Waals surface area (Å²) in [5.74, 6) is 0.865. The summed E-state index contributed by atoms with van der Waals surface area (Å²) in [6, 6.07) is 20.0. The molecule has 3 rings (SSSR count). The molecule has 0 aliphatic rings.